The first-order chi connectivity index (χ1) is 17.6. The van der Waals surface area contributed by atoms with Gasteiger partial charge in [-0.1, -0.05) is 73.8 Å². The van der Waals surface area contributed by atoms with E-state index < -0.39 is 8.07 Å². The molecule has 0 bridgehead atoms. The van der Waals surface area contributed by atoms with Crippen molar-refractivity contribution >= 4 is 40.3 Å². The van der Waals surface area contributed by atoms with E-state index in [0.29, 0.717) is 5.56 Å². The maximum atomic E-state index is 9.65. The van der Waals surface area contributed by atoms with Gasteiger partial charge in [0, 0.05) is 34.4 Å². The highest BCUT2D eigenvalue weighted by molar-refractivity contribution is 7.05. The molecular weight excluding hydrogens is 454 g/mol. The highest BCUT2D eigenvalue weighted by Gasteiger charge is 2.39. The van der Waals surface area contributed by atoms with Crippen molar-refractivity contribution in [1.82, 2.24) is 9.55 Å². The van der Waals surface area contributed by atoms with E-state index in [-0.39, 0.29) is 0 Å². The highest BCUT2D eigenvalue weighted by Crippen LogP contribution is 2.38. The normalized spacial score (nSPS) is 13.5. The molecule has 0 N–H and O–H groups in total. The zero-order valence-electron chi connectivity index (χ0n) is 20.2. The van der Waals surface area contributed by atoms with Gasteiger partial charge in [0.2, 0.25) is 0 Å². The summed E-state index contributed by atoms with van der Waals surface area (Å²) in [7, 11) is -1.88. The fourth-order valence-electron chi connectivity index (χ4n) is 6.14. The fourth-order valence-corrected chi connectivity index (χ4v) is 9.60. The first-order valence-electron chi connectivity index (χ1n) is 12.2. The number of hydrogen-bond donors (Lipinski definition) is 0. The Morgan fingerprint density at radius 2 is 1.61 bits per heavy atom. The van der Waals surface area contributed by atoms with Crippen molar-refractivity contribution < 1.29 is 0 Å². The van der Waals surface area contributed by atoms with E-state index in [1.807, 2.05) is 0 Å². The average molecular weight is 478 g/mol. The van der Waals surface area contributed by atoms with Gasteiger partial charge in [0.1, 0.15) is 8.07 Å². The second kappa shape index (κ2) is 7.52. The summed E-state index contributed by atoms with van der Waals surface area (Å²) >= 11 is 0. The molecule has 1 aliphatic rings. The smallest absolute Gasteiger partial charge is 0.114 e. The van der Waals surface area contributed by atoms with Gasteiger partial charge in [0.05, 0.1) is 22.7 Å². The van der Waals surface area contributed by atoms with Crippen LogP contribution >= 0.6 is 0 Å². The maximum absolute atomic E-state index is 9.65. The van der Waals surface area contributed by atoms with Gasteiger partial charge >= 0.3 is 0 Å². The third-order valence-electron chi connectivity index (χ3n) is 7.71. The van der Waals surface area contributed by atoms with Crippen LogP contribution < -0.4 is 10.4 Å². The first-order valence-corrected chi connectivity index (χ1v) is 15.2. The second-order valence-electron chi connectivity index (χ2n) is 9.99. The van der Waals surface area contributed by atoms with E-state index in [0.717, 1.165) is 16.8 Å². The topological polar surface area (TPSA) is 41.6 Å². The molecule has 4 aromatic carbocycles. The van der Waals surface area contributed by atoms with Gasteiger partial charge in [0.25, 0.3) is 0 Å². The monoisotopic (exact) mass is 477 g/mol. The molecule has 0 radical (unpaired) electrons. The molecule has 0 spiro atoms. The number of fused-ring (bicyclic) bond motifs is 7. The SMILES string of the molecule is C[Si]1(C)c2ccccc2-c2ccc3c(c21)c1ccccc1n3-c1cccc(-c2cnccc2C#N)c1. The Morgan fingerprint density at radius 3 is 2.50 bits per heavy atom. The van der Waals surface area contributed by atoms with Crippen LogP contribution in [0.1, 0.15) is 5.56 Å². The Morgan fingerprint density at radius 1 is 0.778 bits per heavy atom. The van der Waals surface area contributed by atoms with Crippen LogP contribution in [0.4, 0.5) is 0 Å². The number of aromatic nitrogens is 2. The van der Waals surface area contributed by atoms with Crippen LogP contribution in [0.3, 0.4) is 0 Å². The molecule has 2 aromatic heterocycles. The van der Waals surface area contributed by atoms with Gasteiger partial charge in [-0.15, -0.1) is 0 Å². The quantitative estimate of drug-likeness (QED) is 0.266. The van der Waals surface area contributed by atoms with E-state index >= 15 is 0 Å². The lowest BCUT2D eigenvalue weighted by Crippen LogP contribution is -2.49. The molecule has 4 heteroatoms. The Labute approximate surface area is 210 Å². The number of nitriles is 1. The Balaban J connectivity index is 1.55. The summed E-state index contributed by atoms with van der Waals surface area (Å²) in [6, 6.07) is 34.9. The van der Waals surface area contributed by atoms with Crippen molar-refractivity contribution in [3.8, 4) is 34.0 Å². The predicted molar refractivity (Wildman–Crippen MR) is 151 cm³/mol. The van der Waals surface area contributed by atoms with E-state index in [4.69, 9.17) is 0 Å². The molecule has 7 rings (SSSR count). The maximum Gasteiger partial charge on any atom is 0.114 e. The lowest BCUT2D eigenvalue weighted by atomic mass is 10.0. The largest absolute Gasteiger partial charge is 0.309 e. The third kappa shape index (κ3) is 2.75. The van der Waals surface area contributed by atoms with Crippen LogP contribution in [-0.4, -0.2) is 17.6 Å². The van der Waals surface area contributed by atoms with Crippen molar-refractivity contribution in [3.63, 3.8) is 0 Å². The number of benzene rings is 4. The van der Waals surface area contributed by atoms with Gasteiger partial charge in [-0.2, -0.15) is 5.26 Å². The highest BCUT2D eigenvalue weighted by atomic mass is 28.3. The summed E-state index contributed by atoms with van der Waals surface area (Å²) in [6.07, 6.45) is 3.45. The second-order valence-corrected chi connectivity index (χ2v) is 14.3. The van der Waals surface area contributed by atoms with Crippen molar-refractivity contribution in [2.45, 2.75) is 13.1 Å². The van der Waals surface area contributed by atoms with Crippen LogP contribution in [0.5, 0.6) is 0 Å². The van der Waals surface area contributed by atoms with Gasteiger partial charge in [-0.3, -0.25) is 4.98 Å². The number of pyridine rings is 1. The Hall–Kier alpha value is -4.46. The van der Waals surface area contributed by atoms with E-state index in [1.165, 1.54) is 43.3 Å². The van der Waals surface area contributed by atoms with Crippen molar-refractivity contribution in [2.24, 2.45) is 0 Å². The number of nitrogens with zero attached hydrogens (tertiary/aromatic N) is 3. The van der Waals surface area contributed by atoms with Crippen LogP contribution in [0.25, 0.3) is 49.7 Å². The molecule has 0 atom stereocenters. The molecule has 36 heavy (non-hydrogen) atoms. The number of hydrogen-bond acceptors (Lipinski definition) is 2. The molecule has 0 saturated heterocycles. The van der Waals surface area contributed by atoms with Gasteiger partial charge < -0.3 is 4.57 Å². The lowest BCUT2D eigenvalue weighted by molar-refractivity contribution is 1.18. The third-order valence-corrected chi connectivity index (χ3v) is 11.3. The molecule has 0 unspecified atom stereocenters. The summed E-state index contributed by atoms with van der Waals surface area (Å²) in [4.78, 5) is 4.28. The summed E-state index contributed by atoms with van der Waals surface area (Å²) in [5.74, 6) is 0. The molecule has 0 saturated carbocycles. The van der Waals surface area contributed by atoms with E-state index in [2.05, 4.69) is 114 Å². The average Bonchev–Trinajstić information content (AvgIpc) is 3.38. The molecule has 170 valence electrons. The molecule has 1 aliphatic heterocycles. The summed E-state index contributed by atoms with van der Waals surface area (Å²) in [5, 5.41) is 15.4. The minimum atomic E-state index is -1.88. The van der Waals surface area contributed by atoms with Gasteiger partial charge in [-0.05, 0) is 57.4 Å². The lowest BCUT2D eigenvalue weighted by Gasteiger charge is -2.20. The molecular formula is C32H23N3Si. The summed E-state index contributed by atoms with van der Waals surface area (Å²) in [5.41, 5.74) is 8.77. The van der Waals surface area contributed by atoms with E-state index in [9.17, 15) is 5.26 Å². The van der Waals surface area contributed by atoms with Crippen LogP contribution in [-0.2, 0) is 0 Å². The van der Waals surface area contributed by atoms with Crippen molar-refractivity contribution in [2.75, 3.05) is 0 Å². The van der Waals surface area contributed by atoms with Gasteiger partial charge in [0.15, 0.2) is 0 Å². The summed E-state index contributed by atoms with van der Waals surface area (Å²) < 4.78 is 2.38. The number of para-hydroxylation sites is 1. The zero-order chi connectivity index (χ0) is 24.4. The predicted octanol–water partition coefficient (Wildman–Crippen LogP) is 6.52. The van der Waals surface area contributed by atoms with Crippen LogP contribution in [0, 0.1) is 11.3 Å². The molecule has 3 nitrogen and oxygen atoms in total. The minimum absolute atomic E-state index is 0.632. The molecule has 3 heterocycles. The standard InChI is InChI=1S/C32H23N3Si/c1-36(2)30-13-6-4-10-24(30)25-14-15-29-31(32(25)36)26-11-3-5-12-28(26)35(29)23-9-7-8-21(18-23)27-20-34-17-16-22(27)19-33/h3-18,20H,1-2H3. The number of rotatable bonds is 2. The first kappa shape index (κ1) is 20.9. The Kier molecular flexibility index (Phi) is 4.36. The molecule has 0 fully saturated rings. The Bertz CT molecular complexity index is 1890. The van der Waals surface area contributed by atoms with Crippen molar-refractivity contribution in [3.05, 3.63) is 109 Å². The van der Waals surface area contributed by atoms with Crippen LogP contribution in [0.2, 0.25) is 13.1 Å². The molecule has 0 amide bonds. The fraction of sp³-hybridized carbons (Fsp3) is 0.0625. The van der Waals surface area contributed by atoms with Crippen LogP contribution in [0.15, 0.2) is 103 Å². The zero-order valence-corrected chi connectivity index (χ0v) is 21.2. The van der Waals surface area contributed by atoms with Crippen molar-refractivity contribution in [1.29, 1.82) is 5.26 Å². The van der Waals surface area contributed by atoms with Gasteiger partial charge in [-0.25, -0.2) is 0 Å². The summed E-state index contributed by atoms with van der Waals surface area (Å²) in [6.45, 7) is 4.96. The van der Waals surface area contributed by atoms with E-state index in [1.54, 1.807) is 18.5 Å². The minimum Gasteiger partial charge on any atom is -0.309 e. The molecule has 0 aliphatic carbocycles. The molecule has 6 aromatic rings.